The van der Waals surface area contributed by atoms with Crippen molar-refractivity contribution >= 4 is 27.5 Å². The lowest BCUT2D eigenvalue weighted by Gasteiger charge is -2.11. The van der Waals surface area contributed by atoms with Crippen molar-refractivity contribution in [3.8, 4) is 5.75 Å². The molecule has 0 unspecified atom stereocenters. The number of amides is 1. The average molecular weight is 431 g/mol. The van der Waals surface area contributed by atoms with E-state index in [1.807, 2.05) is 10.8 Å². The summed E-state index contributed by atoms with van der Waals surface area (Å²) in [5.41, 5.74) is 0. The van der Waals surface area contributed by atoms with Gasteiger partial charge in [0.25, 0.3) is 5.91 Å². The van der Waals surface area contributed by atoms with E-state index in [2.05, 4.69) is 15.0 Å². The van der Waals surface area contributed by atoms with E-state index in [1.165, 1.54) is 25.3 Å². The van der Waals surface area contributed by atoms with Crippen LogP contribution >= 0.6 is 11.6 Å². The molecule has 1 aromatic heterocycles. The first kappa shape index (κ1) is 22.2. The highest BCUT2D eigenvalue weighted by Crippen LogP contribution is 2.27. The van der Waals surface area contributed by atoms with E-state index in [-0.39, 0.29) is 41.3 Å². The average Bonchev–Trinajstić information content (AvgIpc) is 3.18. The maximum absolute atomic E-state index is 12.1. The Morgan fingerprint density at radius 2 is 2.14 bits per heavy atom. The third kappa shape index (κ3) is 7.12. The Morgan fingerprint density at radius 1 is 1.32 bits per heavy atom. The number of sulfonamides is 1. The minimum absolute atomic E-state index is 0.00454. The molecule has 1 amide bonds. The number of carbonyl (C=O) groups excluding carboxylic acids is 1. The number of aryl methyl sites for hydroxylation is 1. The lowest BCUT2D eigenvalue weighted by molar-refractivity contribution is -0.123. The van der Waals surface area contributed by atoms with Crippen LogP contribution in [-0.4, -0.2) is 57.3 Å². The van der Waals surface area contributed by atoms with Crippen molar-refractivity contribution in [3.05, 3.63) is 41.9 Å². The Hall–Kier alpha value is -2.14. The molecule has 2 N–H and O–H groups in total. The van der Waals surface area contributed by atoms with Crippen molar-refractivity contribution in [1.82, 2.24) is 19.6 Å². The van der Waals surface area contributed by atoms with E-state index in [0.717, 1.165) is 13.0 Å². The van der Waals surface area contributed by atoms with Gasteiger partial charge < -0.3 is 19.4 Å². The Morgan fingerprint density at radius 3 is 2.82 bits per heavy atom. The number of nitrogens with one attached hydrogen (secondary N) is 2. The topological polar surface area (TPSA) is 112 Å². The summed E-state index contributed by atoms with van der Waals surface area (Å²) in [4.78, 5) is 15.8. The highest BCUT2D eigenvalue weighted by molar-refractivity contribution is 7.89. The van der Waals surface area contributed by atoms with Crippen molar-refractivity contribution in [2.75, 3.05) is 33.4 Å². The van der Waals surface area contributed by atoms with E-state index in [1.54, 1.807) is 12.5 Å². The lowest BCUT2D eigenvalue weighted by atomic mass is 10.3. The zero-order valence-electron chi connectivity index (χ0n) is 15.4. The number of methoxy groups -OCH3 is 1. The number of benzene rings is 1. The normalized spacial score (nSPS) is 11.4. The molecule has 154 valence electrons. The van der Waals surface area contributed by atoms with Gasteiger partial charge in [-0.05, 0) is 24.6 Å². The smallest absolute Gasteiger partial charge is 0.257 e. The van der Waals surface area contributed by atoms with Gasteiger partial charge in [0.15, 0.2) is 6.61 Å². The Bertz CT molecular complexity index is 858. The summed E-state index contributed by atoms with van der Waals surface area (Å²) < 4.78 is 38.8. The molecular weight excluding hydrogens is 408 g/mol. The van der Waals surface area contributed by atoms with Crippen LogP contribution in [0, 0.1) is 0 Å². The van der Waals surface area contributed by atoms with Gasteiger partial charge in [-0.15, -0.1) is 0 Å². The predicted molar refractivity (Wildman–Crippen MR) is 104 cm³/mol. The minimum Gasteiger partial charge on any atom is -0.482 e. The molecule has 0 atom stereocenters. The van der Waals surface area contributed by atoms with Crippen molar-refractivity contribution in [3.63, 3.8) is 0 Å². The SMILES string of the molecule is COCCNS(=O)(=O)c1ccc(OCC(=O)NCCCn2ccnc2)c(Cl)c1. The second-order valence-electron chi connectivity index (χ2n) is 5.78. The van der Waals surface area contributed by atoms with Gasteiger partial charge in [0.2, 0.25) is 10.0 Å². The van der Waals surface area contributed by atoms with Gasteiger partial charge in [-0.3, -0.25) is 4.79 Å². The van der Waals surface area contributed by atoms with Gasteiger partial charge in [-0.1, -0.05) is 11.6 Å². The summed E-state index contributed by atoms with van der Waals surface area (Å²) in [5.74, 6) is -0.0642. The Labute approximate surface area is 169 Å². The second-order valence-corrected chi connectivity index (χ2v) is 7.95. The van der Waals surface area contributed by atoms with Crippen LogP contribution in [0.4, 0.5) is 0 Å². The fourth-order valence-electron chi connectivity index (χ4n) is 2.23. The van der Waals surface area contributed by atoms with E-state index < -0.39 is 10.0 Å². The van der Waals surface area contributed by atoms with Crippen molar-refractivity contribution in [1.29, 1.82) is 0 Å². The molecule has 28 heavy (non-hydrogen) atoms. The maximum Gasteiger partial charge on any atom is 0.257 e. The Balaban J connectivity index is 1.78. The van der Waals surface area contributed by atoms with Crippen LogP contribution in [0.2, 0.25) is 5.02 Å². The van der Waals surface area contributed by atoms with Gasteiger partial charge >= 0.3 is 0 Å². The third-order valence-electron chi connectivity index (χ3n) is 3.65. The Kier molecular flexibility index (Phi) is 8.71. The van der Waals surface area contributed by atoms with Crippen LogP contribution in [0.1, 0.15) is 6.42 Å². The summed E-state index contributed by atoms with van der Waals surface area (Å²) in [6.07, 6.45) is 6.02. The molecule has 0 aliphatic rings. The highest BCUT2D eigenvalue weighted by atomic mass is 35.5. The first-order valence-electron chi connectivity index (χ1n) is 8.56. The van der Waals surface area contributed by atoms with Crippen molar-refractivity contribution in [2.45, 2.75) is 17.9 Å². The van der Waals surface area contributed by atoms with Crippen LogP contribution in [-0.2, 0) is 26.1 Å². The summed E-state index contributed by atoms with van der Waals surface area (Å²) in [6.45, 7) is 1.43. The van der Waals surface area contributed by atoms with Crippen LogP contribution in [0.25, 0.3) is 0 Å². The number of imidazole rings is 1. The van der Waals surface area contributed by atoms with E-state index in [4.69, 9.17) is 21.1 Å². The molecule has 1 aromatic carbocycles. The van der Waals surface area contributed by atoms with Crippen LogP contribution in [0.5, 0.6) is 5.75 Å². The molecule has 2 aromatic rings. The van der Waals surface area contributed by atoms with Crippen LogP contribution < -0.4 is 14.8 Å². The molecule has 0 fully saturated rings. The zero-order valence-corrected chi connectivity index (χ0v) is 17.0. The van der Waals surface area contributed by atoms with Crippen molar-refractivity contribution in [2.24, 2.45) is 0 Å². The molecule has 2 rings (SSSR count). The van der Waals surface area contributed by atoms with Crippen LogP contribution in [0.3, 0.4) is 0 Å². The van der Waals surface area contributed by atoms with E-state index >= 15 is 0 Å². The standard InChI is InChI=1S/C17H23ClN4O5S/c1-26-10-7-21-28(24,25)14-3-4-16(15(18)11-14)27-12-17(23)20-5-2-8-22-9-6-19-13-22/h3-4,6,9,11,13,21H,2,5,7-8,10,12H2,1H3,(H,20,23). The highest BCUT2D eigenvalue weighted by Gasteiger charge is 2.16. The molecule has 0 aliphatic heterocycles. The summed E-state index contributed by atoms with van der Waals surface area (Å²) >= 11 is 6.08. The number of halogens is 1. The number of hydrogen-bond donors (Lipinski definition) is 2. The van der Waals surface area contributed by atoms with Gasteiger partial charge in [-0.2, -0.15) is 0 Å². The number of ether oxygens (including phenoxy) is 2. The second kappa shape index (κ2) is 11.0. The van der Waals surface area contributed by atoms with E-state index in [9.17, 15) is 13.2 Å². The monoisotopic (exact) mass is 430 g/mol. The fourth-order valence-corrected chi connectivity index (χ4v) is 3.57. The molecule has 0 saturated heterocycles. The lowest BCUT2D eigenvalue weighted by Crippen LogP contribution is -2.30. The molecule has 0 saturated carbocycles. The number of hydrogen-bond acceptors (Lipinski definition) is 6. The van der Waals surface area contributed by atoms with Gasteiger partial charge in [0, 0.05) is 39.1 Å². The predicted octanol–water partition coefficient (Wildman–Crippen LogP) is 1.05. The largest absolute Gasteiger partial charge is 0.482 e. The maximum atomic E-state index is 12.1. The molecule has 0 spiro atoms. The van der Waals surface area contributed by atoms with Gasteiger partial charge in [-0.25, -0.2) is 18.1 Å². The molecule has 0 aliphatic carbocycles. The van der Waals surface area contributed by atoms with Crippen molar-refractivity contribution < 1.29 is 22.7 Å². The summed E-state index contributed by atoms with van der Waals surface area (Å²) in [7, 11) is -2.21. The molecule has 0 bridgehead atoms. The van der Waals surface area contributed by atoms with Gasteiger partial charge in [0.1, 0.15) is 5.75 Å². The van der Waals surface area contributed by atoms with E-state index in [0.29, 0.717) is 6.54 Å². The number of carbonyl (C=O) groups is 1. The van der Waals surface area contributed by atoms with Gasteiger partial charge in [0.05, 0.1) is 22.9 Å². The number of nitrogens with zero attached hydrogens (tertiary/aromatic N) is 2. The molecule has 9 nitrogen and oxygen atoms in total. The molecule has 11 heteroatoms. The molecule has 1 heterocycles. The number of aromatic nitrogens is 2. The minimum atomic E-state index is -3.69. The summed E-state index contributed by atoms with van der Waals surface area (Å²) in [6, 6.07) is 4.05. The quantitative estimate of drug-likeness (QED) is 0.487. The third-order valence-corrected chi connectivity index (χ3v) is 5.40. The zero-order chi connectivity index (χ0) is 20.4. The van der Waals surface area contributed by atoms with Crippen LogP contribution in [0.15, 0.2) is 41.8 Å². The first-order valence-corrected chi connectivity index (χ1v) is 10.4. The molecular formula is C17H23ClN4O5S. The first-order chi connectivity index (χ1) is 13.4. The number of rotatable bonds is 12. The summed E-state index contributed by atoms with van der Waals surface area (Å²) in [5, 5.41) is 2.84. The molecule has 0 radical (unpaired) electrons. The fraction of sp³-hybridized carbons (Fsp3) is 0.412.